The van der Waals surface area contributed by atoms with Gasteiger partial charge in [-0.05, 0) is 72.8 Å². The van der Waals surface area contributed by atoms with E-state index >= 15 is 0 Å². The first-order valence-corrected chi connectivity index (χ1v) is 14.5. The molecule has 0 N–H and O–H groups in total. The maximum atomic E-state index is 9.87. The minimum Gasteiger partial charge on any atom is -0.255 e. The van der Waals surface area contributed by atoms with Gasteiger partial charge >= 0.3 is 33.0 Å². The van der Waals surface area contributed by atoms with Crippen LogP contribution < -0.4 is 0 Å². The van der Waals surface area contributed by atoms with E-state index in [1.54, 1.807) is 24.8 Å². The Balaban J connectivity index is 0.000000196. The van der Waals surface area contributed by atoms with Gasteiger partial charge in [0.05, 0.1) is 45.6 Å². The number of hydrogen-bond acceptors (Lipinski definition) is 6. The van der Waals surface area contributed by atoms with E-state index in [1.807, 2.05) is 109 Å². The minimum atomic E-state index is -10.7. The van der Waals surface area contributed by atoms with Crippen molar-refractivity contribution in [1.82, 2.24) is 29.9 Å². The van der Waals surface area contributed by atoms with Crippen molar-refractivity contribution >= 4 is 7.81 Å². The standard InChI is InChI=1S/2C15H11N3.Cr.F6P/c2*1-3-10-16-12(6-1)14-8-5-9-15(18-14)13-7-2-4-11-17-13;;1-7(2,3,4,5)6/h2*1-11H;;/q;;;-1. The van der Waals surface area contributed by atoms with Crippen LogP contribution in [0.25, 0.3) is 45.6 Å². The Morgan fingerprint density at radius 3 is 0.705 bits per heavy atom. The number of rotatable bonds is 4. The Hall–Kier alpha value is -4.56. The van der Waals surface area contributed by atoms with Gasteiger partial charge in [-0.15, -0.1) is 0 Å². The molecule has 0 amide bonds. The molecule has 0 aliphatic carbocycles. The Bertz CT molecular complexity index is 1510. The van der Waals surface area contributed by atoms with Crippen LogP contribution in [0.2, 0.25) is 0 Å². The fraction of sp³-hybridized carbons (Fsp3) is 0. The molecule has 14 heteroatoms. The molecule has 0 spiro atoms. The molecule has 0 aliphatic heterocycles. The Kier molecular flexibility index (Phi) is 10.7. The zero-order valence-corrected chi connectivity index (χ0v) is 24.7. The summed E-state index contributed by atoms with van der Waals surface area (Å²) < 4.78 is 59.2. The molecule has 0 saturated heterocycles. The van der Waals surface area contributed by atoms with Gasteiger partial charge in [0.2, 0.25) is 0 Å². The van der Waals surface area contributed by atoms with Crippen LogP contribution in [0.15, 0.2) is 134 Å². The zero-order valence-electron chi connectivity index (χ0n) is 22.5. The minimum absolute atomic E-state index is 0. The largest absolute Gasteiger partial charge is 0.255 e. The normalized spacial score (nSPS) is 12.0. The van der Waals surface area contributed by atoms with Crippen LogP contribution in [0, 0.1) is 0 Å². The molecule has 0 fully saturated rings. The average Bonchev–Trinajstić information content (AvgIpc) is 3.02. The summed E-state index contributed by atoms with van der Waals surface area (Å²) in [5, 5.41) is 0. The smallest absolute Gasteiger partial charge is 0.0894 e. The van der Waals surface area contributed by atoms with Crippen molar-refractivity contribution in [2.24, 2.45) is 0 Å². The van der Waals surface area contributed by atoms with E-state index in [0.717, 1.165) is 45.6 Å². The van der Waals surface area contributed by atoms with E-state index in [2.05, 4.69) is 29.9 Å². The quantitative estimate of drug-likeness (QED) is 0.138. The summed E-state index contributed by atoms with van der Waals surface area (Å²) in [5.74, 6) is 0. The van der Waals surface area contributed by atoms with E-state index in [1.165, 1.54) is 0 Å². The molecule has 0 bridgehead atoms. The molecular weight excluding hydrogens is 641 g/mol. The number of halogens is 6. The van der Waals surface area contributed by atoms with E-state index in [9.17, 15) is 25.2 Å². The maximum Gasteiger partial charge on any atom is 0.0894 e. The van der Waals surface area contributed by atoms with Crippen LogP contribution in [0.3, 0.4) is 0 Å². The van der Waals surface area contributed by atoms with Gasteiger partial charge in [-0.1, -0.05) is 36.4 Å². The van der Waals surface area contributed by atoms with Crippen LogP contribution >= 0.6 is 7.81 Å². The molecule has 6 heterocycles. The van der Waals surface area contributed by atoms with Gasteiger partial charge in [-0.2, -0.15) is 0 Å². The molecule has 0 saturated carbocycles. The van der Waals surface area contributed by atoms with E-state index in [0.29, 0.717) is 0 Å². The molecule has 0 unspecified atom stereocenters. The van der Waals surface area contributed by atoms with Crippen molar-refractivity contribution < 1.29 is 42.5 Å². The first-order chi connectivity index (χ1) is 20.3. The zero-order chi connectivity index (χ0) is 30.8. The number of hydrogen-bond donors (Lipinski definition) is 0. The second kappa shape index (κ2) is 13.8. The van der Waals surface area contributed by atoms with Crippen molar-refractivity contribution in [2.45, 2.75) is 0 Å². The Morgan fingerprint density at radius 2 is 0.523 bits per heavy atom. The predicted octanol–water partition coefficient (Wildman–Crippen LogP) is 9.79. The van der Waals surface area contributed by atoms with E-state index in [-0.39, 0.29) is 17.4 Å². The van der Waals surface area contributed by atoms with Gasteiger partial charge in [-0.25, -0.2) is 9.97 Å². The molecule has 44 heavy (non-hydrogen) atoms. The number of aromatic nitrogens is 6. The van der Waals surface area contributed by atoms with Crippen molar-refractivity contribution in [3.05, 3.63) is 134 Å². The Morgan fingerprint density at radius 1 is 0.318 bits per heavy atom. The molecule has 0 radical (unpaired) electrons. The second-order valence-corrected chi connectivity index (χ2v) is 10.6. The molecule has 6 rings (SSSR count). The summed E-state index contributed by atoms with van der Waals surface area (Å²) in [6.45, 7) is 0. The fourth-order valence-corrected chi connectivity index (χ4v) is 3.50. The van der Waals surface area contributed by atoms with Crippen molar-refractivity contribution in [3.63, 3.8) is 0 Å². The van der Waals surface area contributed by atoms with Gasteiger partial charge in [0.25, 0.3) is 0 Å². The third-order valence-electron chi connectivity index (χ3n) is 5.21. The summed E-state index contributed by atoms with van der Waals surface area (Å²) >= 11 is 0. The first kappa shape index (κ1) is 33.9. The molecule has 0 aliphatic rings. The summed E-state index contributed by atoms with van der Waals surface area (Å²) in [6.07, 6.45) is 7.07. The van der Waals surface area contributed by atoms with Gasteiger partial charge in [-0.3, -0.25) is 19.9 Å². The van der Waals surface area contributed by atoms with Crippen molar-refractivity contribution in [1.29, 1.82) is 0 Å². The van der Waals surface area contributed by atoms with E-state index in [4.69, 9.17) is 0 Å². The molecular formula is C30H22CrF6N6P-. The van der Waals surface area contributed by atoms with Gasteiger partial charge in [0.1, 0.15) is 0 Å². The number of nitrogens with zero attached hydrogens (tertiary/aromatic N) is 6. The maximum absolute atomic E-state index is 10.7. The molecule has 6 nitrogen and oxygen atoms in total. The summed E-state index contributed by atoms with van der Waals surface area (Å²) in [6, 6.07) is 35.0. The van der Waals surface area contributed by atoms with Gasteiger partial charge < -0.3 is 0 Å². The molecule has 6 aromatic heterocycles. The molecule has 0 atom stereocenters. The molecule has 6 aromatic rings. The third kappa shape index (κ3) is 12.4. The van der Waals surface area contributed by atoms with Crippen LogP contribution in [0.5, 0.6) is 0 Å². The fourth-order valence-electron chi connectivity index (χ4n) is 3.50. The summed E-state index contributed by atoms with van der Waals surface area (Å²) in [4.78, 5) is 26.4. The second-order valence-electron chi connectivity index (χ2n) is 8.63. The summed E-state index contributed by atoms with van der Waals surface area (Å²) in [5.41, 5.74) is 6.92. The van der Waals surface area contributed by atoms with Crippen molar-refractivity contribution in [3.8, 4) is 45.6 Å². The van der Waals surface area contributed by atoms with Crippen LogP contribution in [0.4, 0.5) is 25.2 Å². The van der Waals surface area contributed by atoms with Gasteiger partial charge in [0, 0.05) is 42.1 Å². The molecule has 0 aromatic carbocycles. The van der Waals surface area contributed by atoms with Crippen molar-refractivity contribution in [2.75, 3.05) is 0 Å². The molecule has 226 valence electrons. The Labute approximate surface area is 259 Å². The third-order valence-corrected chi connectivity index (χ3v) is 5.21. The SMILES string of the molecule is F[P-](F)(F)(F)(F)F.[Cr].c1ccc(-c2cccc(-c3ccccn3)n2)nc1.c1ccc(-c2cccc(-c3ccccn3)n2)nc1. The predicted molar refractivity (Wildman–Crippen MR) is 155 cm³/mol. The first-order valence-electron chi connectivity index (χ1n) is 12.5. The van der Waals surface area contributed by atoms with Crippen LogP contribution in [-0.2, 0) is 17.4 Å². The van der Waals surface area contributed by atoms with Gasteiger partial charge in [0.15, 0.2) is 0 Å². The van der Waals surface area contributed by atoms with Crippen LogP contribution in [0.1, 0.15) is 0 Å². The number of pyridine rings is 6. The summed E-state index contributed by atoms with van der Waals surface area (Å²) in [7, 11) is -10.7. The monoisotopic (exact) mass is 663 g/mol. The van der Waals surface area contributed by atoms with E-state index < -0.39 is 7.81 Å². The topological polar surface area (TPSA) is 77.3 Å². The van der Waals surface area contributed by atoms with Crippen LogP contribution in [-0.4, -0.2) is 29.9 Å². The average molecular weight is 664 g/mol.